The highest BCUT2D eigenvalue weighted by Gasteiger charge is 2.07. The van der Waals surface area contributed by atoms with Crippen LogP contribution in [-0.2, 0) is 6.54 Å². The van der Waals surface area contributed by atoms with Crippen molar-refractivity contribution in [3.05, 3.63) is 29.3 Å². The zero-order chi connectivity index (χ0) is 13.0. The zero-order valence-electron chi connectivity index (χ0n) is 10.0. The summed E-state index contributed by atoms with van der Waals surface area (Å²) in [4.78, 5) is 15.9. The Morgan fingerprint density at radius 2 is 2.28 bits per heavy atom. The predicted molar refractivity (Wildman–Crippen MR) is 71.5 cm³/mol. The molecule has 3 N–H and O–H groups in total. The van der Waals surface area contributed by atoms with Crippen LogP contribution in [0, 0.1) is 0 Å². The molecule has 0 aliphatic carbocycles. The number of aliphatic hydroxyl groups excluding tert-OH is 1. The average molecular weight is 265 g/mol. The third kappa shape index (κ3) is 3.18. The molecule has 5 nitrogen and oxygen atoms in total. The van der Waals surface area contributed by atoms with Crippen LogP contribution < -0.4 is 10.6 Å². The van der Waals surface area contributed by atoms with Crippen LogP contribution in [0.2, 0.25) is 0 Å². The predicted octanol–water partition coefficient (Wildman–Crippen LogP) is 1.48. The van der Waals surface area contributed by atoms with Crippen molar-refractivity contribution in [2.24, 2.45) is 0 Å². The lowest BCUT2D eigenvalue weighted by molar-refractivity contribution is 0.220. The summed E-state index contributed by atoms with van der Waals surface area (Å²) >= 11 is 1.56. The van der Waals surface area contributed by atoms with Gasteiger partial charge in [0.15, 0.2) is 0 Å². The Morgan fingerprint density at radius 3 is 3.00 bits per heavy atom. The third-order valence-corrected chi connectivity index (χ3v) is 3.43. The van der Waals surface area contributed by atoms with Crippen LogP contribution in [0.4, 0.5) is 4.79 Å². The lowest BCUT2D eigenvalue weighted by Crippen LogP contribution is -2.41. The van der Waals surface area contributed by atoms with E-state index in [-0.39, 0.29) is 18.7 Å². The van der Waals surface area contributed by atoms with Gasteiger partial charge in [-0.05, 0) is 19.1 Å². The highest BCUT2D eigenvalue weighted by atomic mass is 32.1. The summed E-state index contributed by atoms with van der Waals surface area (Å²) in [5, 5.41) is 15.0. The number of nitrogens with one attached hydrogen (secondary N) is 2. The Balaban J connectivity index is 1.92. The molecule has 2 aromatic rings. The molecule has 2 rings (SSSR count). The highest BCUT2D eigenvalue weighted by molar-refractivity contribution is 7.18. The van der Waals surface area contributed by atoms with Crippen LogP contribution in [0.15, 0.2) is 24.3 Å². The van der Waals surface area contributed by atoms with E-state index in [4.69, 9.17) is 5.11 Å². The third-order valence-electron chi connectivity index (χ3n) is 2.39. The molecule has 1 aromatic heterocycles. The Hall–Kier alpha value is -1.66. The number of fused-ring (bicyclic) bond motifs is 1. The fourth-order valence-electron chi connectivity index (χ4n) is 1.47. The number of rotatable bonds is 4. The minimum atomic E-state index is -0.296. The van der Waals surface area contributed by atoms with Crippen molar-refractivity contribution >= 4 is 27.6 Å². The monoisotopic (exact) mass is 265 g/mol. The second-order valence-electron chi connectivity index (χ2n) is 3.99. The van der Waals surface area contributed by atoms with Crippen LogP contribution in [0.25, 0.3) is 10.2 Å². The molecule has 1 heterocycles. The number of carbonyl (C=O) groups excluding carboxylic acids is 1. The first-order valence-corrected chi connectivity index (χ1v) is 6.50. The Bertz CT molecular complexity index is 508. The molecule has 0 saturated heterocycles. The summed E-state index contributed by atoms with van der Waals surface area (Å²) in [5.74, 6) is 0. The van der Waals surface area contributed by atoms with Gasteiger partial charge in [-0.15, -0.1) is 11.3 Å². The summed E-state index contributed by atoms with van der Waals surface area (Å²) in [5.41, 5.74) is 0.948. The van der Waals surface area contributed by atoms with Crippen LogP contribution in [0.5, 0.6) is 0 Å². The number of urea groups is 1. The number of carbonyl (C=O) groups is 1. The number of para-hydroxylation sites is 1. The van der Waals surface area contributed by atoms with E-state index in [0.717, 1.165) is 15.2 Å². The molecule has 0 spiro atoms. The lowest BCUT2D eigenvalue weighted by Gasteiger charge is -2.10. The summed E-state index contributed by atoms with van der Waals surface area (Å²) in [6.45, 7) is 2.05. The molecule has 0 bridgehead atoms. The maximum Gasteiger partial charge on any atom is 0.315 e. The van der Waals surface area contributed by atoms with Gasteiger partial charge < -0.3 is 15.7 Å². The molecule has 96 valence electrons. The van der Waals surface area contributed by atoms with Crippen molar-refractivity contribution in [1.29, 1.82) is 0 Å². The number of hydrogen-bond acceptors (Lipinski definition) is 4. The molecule has 18 heavy (non-hydrogen) atoms. The average Bonchev–Trinajstić information content (AvgIpc) is 2.79. The summed E-state index contributed by atoms with van der Waals surface area (Å²) in [6.07, 6.45) is 0. The Kier molecular flexibility index (Phi) is 4.11. The molecule has 6 heteroatoms. The van der Waals surface area contributed by atoms with Crippen molar-refractivity contribution < 1.29 is 9.90 Å². The second-order valence-corrected chi connectivity index (χ2v) is 5.10. The van der Waals surface area contributed by atoms with Crippen molar-refractivity contribution in [1.82, 2.24) is 15.6 Å². The molecule has 1 atom stereocenters. The van der Waals surface area contributed by atoms with Crippen molar-refractivity contribution in [3.63, 3.8) is 0 Å². The topological polar surface area (TPSA) is 74.2 Å². The lowest BCUT2D eigenvalue weighted by atomic mass is 10.3. The maximum absolute atomic E-state index is 11.4. The van der Waals surface area contributed by atoms with E-state index in [1.54, 1.807) is 18.3 Å². The molecular formula is C12H15N3O2S. The minimum absolute atomic E-state index is 0.0748. The maximum atomic E-state index is 11.4. The number of nitrogens with zero attached hydrogens (tertiary/aromatic N) is 1. The van der Waals surface area contributed by atoms with Crippen LogP contribution in [0.1, 0.15) is 11.9 Å². The van der Waals surface area contributed by atoms with Crippen LogP contribution in [0.3, 0.4) is 0 Å². The highest BCUT2D eigenvalue weighted by Crippen LogP contribution is 2.21. The van der Waals surface area contributed by atoms with E-state index < -0.39 is 0 Å². The van der Waals surface area contributed by atoms with Gasteiger partial charge in [-0.2, -0.15) is 0 Å². The number of aromatic nitrogens is 1. The van der Waals surface area contributed by atoms with E-state index >= 15 is 0 Å². The van der Waals surface area contributed by atoms with Crippen molar-refractivity contribution in [2.45, 2.75) is 19.5 Å². The molecule has 0 unspecified atom stereocenters. The van der Waals surface area contributed by atoms with Gasteiger partial charge in [-0.3, -0.25) is 0 Å². The smallest absolute Gasteiger partial charge is 0.315 e. The van der Waals surface area contributed by atoms with Crippen LogP contribution in [-0.4, -0.2) is 28.8 Å². The molecule has 0 aliphatic heterocycles. The van der Waals surface area contributed by atoms with Gasteiger partial charge in [0.2, 0.25) is 0 Å². The Morgan fingerprint density at radius 1 is 1.50 bits per heavy atom. The zero-order valence-corrected chi connectivity index (χ0v) is 10.8. The molecule has 0 saturated carbocycles. The largest absolute Gasteiger partial charge is 0.394 e. The van der Waals surface area contributed by atoms with Gasteiger partial charge in [0, 0.05) is 0 Å². The summed E-state index contributed by atoms with van der Waals surface area (Å²) in [6, 6.07) is 7.31. The normalized spacial score (nSPS) is 12.3. The van der Waals surface area contributed by atoms with Crippen LogP contribution >= 0.6 is 11.3 Å². The number of benzene rings is 1. The summed E-state index contributed by atoms with van der Waals surface area (Å²) in [7, 11) is 0. The van der Waals surface area contributed by atoms with Gasteiger partial charge in [-0.1, -0.05) is 12.1 Å². The van der Waals surface area contributed by atoms with Crippen molar-refractivity contribution in [2.75, 3.05) is 6.61 Å². The number of hydrogen-bond donors (Lipinski definition) is 3. The molecule has 1 aromatic carbocycles. The standard InChI is InChI=1S/C12H15N3O2S/c1-8(7-16)14-12(17)13-6-11-15-9-4-2-3-5-10(9)18-11/h2-5,8,16H,6-7H2,1H3,(H2,13,14,17)/t8-/m1/s1. The minimum Gasteiger partial charge on any atom is -0.394 e. The first kappa shape index (κ1) is 12.8. The van der Waals surface area contributed by atoms with Gasteiger partial charge in [-0.25, -0.2) is 9.78 Å². The molecule has 0 aliphatic rings. The van der Waals surface area contributed by atoms with Gasteiger partial charge in [0.1, 0.15) is 5.01 Å². The van der Waals surface area contributed by atoms with E-state index in [9.17, 15) is 4.79 Å². The van der Waals surface area contributed by atoms with Gasteiger partial charge >= 0.3 is 6.03 Å². The number of amides is 2. The Labute approximate surface area is 109 Å². The van der Waals surface area contributed by atoms with Gasteiger partial charge in [0.05, 0.1) is 29.4 Å². The van der Waals surface area contributed by atoms with Gasteiger partial charge in [0.25, 0.3) is 0 Å². The molecular weight excluding hydrogens is 250 g/mol. The van der Waals surface area contributed by atoms with E-state index in [1.807, 2.05) is 24.3 Å². The van der Waals surface area contributed by atoms with E-state index in [2.05, 4.69) is 15.6 Å². The van der Waals surface area contributed by atoms with E-state index in [0.29, 0.717) is 6.54 Å². The quantitative estimate of drug-likeness (QED) is 0.784. The number of thiazole rings is 1. The molecule has 0 fully saturated rings. The molecule has 0 radical (unpaired) electrons. The van der Waals surface area contributed by atoms with Crippen molar-refractivity contribution in [3.8, 4) is 0 Å². The van der Waals surface area contributed by atoms with E-state index in [1.165, 1.54) is 0 Å². The first-order valence-electron chi connectivity index (χ1n) is 5.68. The first-order chi connectivity index (χ1) is 8.69. The molecule has 2 amide bonds. The fraction of sp³-hybridized carbons (Fsp3) is 0.333. The second kappa shape index (κ2) is 5.79. The fourth-order valence-corrected chi connectivity index (χ4v) is 2.38. The summed E-state index contributed by atoms with van der Waals surface area (Å²) < 4.78 is 1.11. The number of aliphatic hydroxyl groups is 1. The SMILES string of the molecule is C[C@H](CO)NC(=O)NCc1nc2ccccc2s1.